The Morgan fingerprint density at radius 3 is 2.86 bits per heavy atom. The van der Waals surface area contributed by atoms with Crippen molar-refractivity contribution >= 4 is 21.8 Å². The molecule has 1 aliphatic heterocycles. The van der Waals surface area contributed by atoms with E-state index in [0.717, 1.165) is 6.42 Å². The molecule has 7 heavy (non-hydrogen) atoms. The second kappa shape index (κ2) is 1.82. The van der Waals surface area contributed by atoms with Crippen molar-refractivity contribution in [3.8, 4) is 0 Å². The Kier molecular flexibility index (Phi) is 1.32. The first-order valence-electron chi connectivity index (χ1n) is 2.07. The third-order valence-electron chi connectivity index (χ3n) is 0.854. The molecule has 0 spiro atoms. The van der Waals surface area contributed by atoms with E-state index >= 15 is 0 Å². The van der Waals surface area contributed by atoms with E-state index in [1.54, 1.807) is 6.54 Å². The lowest BCUT2D eigenvalue weighted by molar-refractivity contribution is -0.118. The second-order valence-corrected chi connectivity index (χ2v) is 2.52. The number of nitrogens with one attached hydrogen (secondary N) is 1. The molecule has 1 fully saturated rings. The zero-order valence-corrected chi connectivity index (χ0v) is 5.23. The van der Waals surface area contributed by atoms with Crippen LogP contribution in [0, 0.1) is 6.54 Å². The van der Waals surface area contributed by atoms with Crippen molar-refractivity contribution in [1.82, 2.24) is 5.32 Å². The van der Waals surface area contributed by atoms with Crippen molar-refractivity contribution in [2.24, 2.45) is 0 Å². The molecule has 0 aromatic rings. The number of hydrogen-bond acceptors (Lipinski definition) is 1. The quantitative estimate of drug-likeness (QED) is 0.515. The van der Waals surface area contributed by atoms with E-state index in [2.05, 4.69) is 21.2 Å². The predicted molar refractivity (Wildman–Crippen MR) is 29.8 cm³/mol. The van der Waals surface area contributed by atoms with Gasteiger partial charge in [0.1, 0.15) is 0 Å². The molecule has 39 valence electrons. The van der Waals surface area contributed by atoms with Crippen molar-refractivity contribution < 1.29 is 4.79 Å². The molecule has 0 bridgehead atoms. The number of carbonyl (C=O) groups excluding carboxylic acids is 1. The molecular formula is C4H5BrNO. The van der Waals surface area contributed by atoms with Gasteiger partial charge in [0.15, 0.2) is 0 Å². The fourth-order valence-electron chi connectivity index (χ4n) is 0.460. The smallest absolute Gasteiger partial charge is 0.234 e. The van der Waals surface area contributed by atoms with Gasteiger partial charge in [-0.2, -0.15) is 0 Å². The fourth-order valence-corrected chi connectivity index (χ4v) is 0.780. The highest BCUT2D eigenvalue weighted by molar-refractivity contribution is 9.10. The summed E-state index contributed by atoms with van der Waals surface area (Å²) in [6, 6.07) is 0. The molecule has 3 heteroatoms. The summed E-state index contributed by atoms with van der Waals surface area (Å²) in [5, 5.41) is 2.56. The Morgan fingerprint density at radius 2 is 2.71 bits per heavy atom. The summed E-state index contributed by atoms with van der Waals surface area (Å²) >= 11 is 3.16. The topological polar surface area (TPSA) is 29.1 Å². The highest BCUT2D eigenvalue weighted by Gasteiger charge is 2.19. The van der Waals surface area contributed by atoms with Crippen molar-refractivity contribution in [1.29, 1.82) is 0 Å². The van der Waals surface area contributed by atoms with E-state index in [0.29, 0.717) is 0 Å². The average molecular weight is 163 g/mol. The largest absolute Gasteiger partial charge is 0.350 e. The van der Waals surface area contributed by atoms with Crippen LogP contribution in [0.3, 0.4) is 0 Å². The van der Waals surface area contributed by atoms with Gasteiger partial charge in [-0.3, -0.25) is 4.79 Å². The Hall–Kier alpha value is -0.0500. The normalized spacial score (nSPS) is 30.4. The summed E-state index contributed by atoms with van der Waals surface area (Å²) < 4.78 is 0. The SMILES string of the molecule is O=C1N[CH]CC1Br. The number of hydrogen-bond donors (Lipinski definition) is 1. The van der Waals surface area contributed by atoms with E-state index < -0.39 is 0 Å². The predicted octanol–water partition coefficient (Wildman–Crippen LogP) is 0.432. The lowest BCUT2D eigenvalue weighted by atomic mass is 10.4. The fraction of sp³-hybridized carbons (Fsp3) is 0.500. The number of amides is 1. The molecule has 1 saturated heterocycles. The molecule has 1 heterocycles. The number of rotatable bonds is 0. The van der Waals surface area contributed by atoms with E-state index in [9.17, 15) is 4.79 Å². The maximum absolute atomic E-state index is 10.4. The molecule has 0 aromatic carbocycles. The minimum Gasteiger partial charge on any atom is -0.350 e. The molecule has 1 rings (SSSR count). The van der Waals surface area contributed by atoms with Gasteiger partial charge in [-0.05, 0) is 6.42 Å². The van der Waals surface area contributed by atoms with E-state index in [-0.39, 0.29) is 10.7 Å². The third kappa shape index (κ3) is 0.938. The second-order valence-electron chi connectivity index (χ2n) is 1.42. The van der Waals surface area contributed by atoms with Gasteiger partial charge in [0.2, 0.25) is 5.91 Å². The van der Waals surface area contributed by atoms with Crippen LogP contribution in [0.1, 0.15) is 6.42 Å². The monoisotopic (exact) mass is 162 g/mol. The van der Waals surface area contributed by atoms with Gasteiger partial charge in [0.25, 0.3) is 0 Å². The van der Waals surface area contributed by atoms with Crippen LogP contribution in [0.25, 0.3) is 0 Å². The van der Waals surface area contributed by atoms with E-state index in [1.807, 2.05) is 0 Å². The average Bonchev–Trinajstić information content (AvgIpc) is 1.91. The van der Waals surface area contributed by atoms with Crippen LogP contribution in [0.15, 0.2) is 0 Å². The Morgan fingerprint density at radius 1 is 2.00 bits per heavy atom. The van der Waals surface area contributed by atoms with Gasteiger partial charge < -0.3 is 5.32 Å². The summed E-state index contributed by atoms with van der Waals surface area (Å²) in [5.74, 6) is 0.0694. The third-order valence-corrected chi connectivity index (χ3v) is 1.64. The number of carbonyl (C=O) groups is 1. The summed E-state index contributed by atoms with van der Waals surface area (Å²) in [6.45, 7) is 1.75. The first kappa shape index (κ1) is 5.09. The first-order valence-corrected chi connectivity index (χ1v) is 2.98. The van der Waals surface area contributed by atoms with Gasteiger partial charge in [0.05, 0.1) is 11.4 Å². The summed E-state index contributed by atoms with van der Waals surface area (Å²) in [7, 11) is 0. The molecule has 2 nitrogen and oxygen atoms in total. The lowest BCUT2D eigenvalue weighted by Gasteiger charge is -1.88. The van der Waals surface area contributed by atoms with Gasteiger partial charge in [-0.1, -0.05) is 15.9 Å². The van der Waals surface area contributed by atoms with Crippen molar-refractivity contribution in [2.75, 3.05) is 0 Å². The molecule has 1 N–H and O–H groups in total. The molecule has 0 aromatic heterocycles. The van der Waals surface area contributed by atoms with Crippen molar-refractivity contribution in [3.63, 3.8) is 0 Å². The summed E-state index contributed by atoms with van der Waals surface area (Å²) in [6.07, 6.45) is 0.804. The Balaban J connectivity index is 2.48. The Labute approximate surface area is 50.4 Å². The van der Waals surface area contributed by atoms with Gasteiger partial charge in [0, 0.05) is 0 Å². The maximum atomic E-state index is 10.4. The van der Waals surface area contributed by atoms with Crippen molar-refractivity contribution in [2.45, 2.75) is 11.2 Å². The van der Waals surface area contributed by atoms with Crippen LogP contribution in [-0.2, 0) is 4.79 Å². The maximum Gasteiger partial charge on any atom is 0.234 e. The molecule has 1 aliphatic rings. The van der Waals surface area contributed by atoms with Gasteiger partial charge in [-0.25, -0.2) is 0 Å². The zero-order valence-electron chi connectivity index (χ0n) is 3.65. The molecule has 0 saturated carbocycles. The van der Waals surface area contributed by atoms with Crippen LogP contribution in [0.4, 0.5) is 0 Å². The number of halogens is 1. The molecule has 1 atom stereocenters. The Bertz CT molecular complexity index is 93.7. The molecule has 1 radical (unpaired) electrons. The standard InChI is InChI=1S/C4H5BrNO/c5-3-1-2-6-4(3)7/h2-3H,1H2,(H,6,7). The summed E-state index contributed by atoms with van der Waals surface area (Å²) in [5.41, 5.74) is 0. The number of alkyl halides is 1. The molecule has 1 unspecified atom stereocenters. The molecular weight excluding hydrogens is 158 g/mol. The first-order chi connectivity index (χ1) is 3.30. The van der Waals surface area contributed by atoms with E-state index in [1.165, 1.54) is 0 Å². The van der Waals surface area contributed by atoms with Crippen LogP contribution in [0.5, 0.6) is 0 Å². The van der Waals surface area contributed by atoms with Crippen LogP contribution >= 0.6 is 15.9 Å². The molecule has 1 amide bonds. The zero-order chi connectivity index (χ0) is 5.28. The lowest BCUT2D eigenvalue weighted by Crippen LogP contribution is -2.16. The minimum absolute atomic E-state index is 0.0208. The minimum atomic E-state index is 0.0208. The van der Waals surface area contributed by atoms with Crippen LogP contribution in [-0.4, -0.2) is 10.7 Å². The van der Waals surface area contributed by atoms with Crippen LogP contribution < -0.4 is 5.32 Å². The van der Waals surface area contributed by atoms with E-state index in [4.69, 9.17) is 0 Å². The summed E-state index contributed by atoms with van der Waals surface area (Å²) in [4.78, 5) is 10.4. The highest BCUT2D eigenvalue weighted by Crippen LogP contribution is 2.11. The van der Waals surface area contributed by atoms with Gasteiger partial charge >= 0.3 is 0 Å². The van der Waals surface area contributed by atoms with Gasteiger partial charge in [-0.15, -0.1) is 0 Å². The van der Waals surface area contributed by atoms with Crippen LogP contribution in [0.2, 0.25) is 0 Å². The molecule has 0 aliphatic carbocycles. The highest BCUT2D eigenvalue weighted by atomic mass is 79.9. The van der Waals surface area contributed by atoms with Crippen molar-refractivity contribution in [3.05, 3.63) is 6.54 Å².